The van der Waals surface area contributed by atoms with E-state index in [-0.39, 0.29) is 0 Å². The lowest BCUT2D eigenvalue weighted by molar-refractivity contribution is -0.147. The van der Waals surface area contributed by atoms with Crippen LogP contribution in [0.5, 0.6) is 0 Å². The maximum absolute atomic E-state index is 14.1. The molecule has 0 heterocycles. The molecule has 1 aromatic rings. The molecule has 0 amide bonds. The van der Waals surface area contributed by atoms with Gasteiger partial charge in [0, 0.05) is 5.56 Å². The van der Waals surface area contributed by atoms with Crippen LogP contribution in [0, 0.1) is 5.82 Å². The van der Waals surface area contributed by atoms with Gasteiger partial charge in [-0.2, -0.15) is 0 Å². The first-order chi connectivity index (χ1) is 8.01. The summed E-state index contributed by atoms with van der Waals surface area (Å²) in [6.07, 6.45) is 2.67. The van der Waals surface area contributed by atoms with Gasteiger partial charge in [0.2, 0.25) is 0 Å². The first-order valence-corrected chi connectivity index (χ1v) is 6.52. The molecule has 4 heteroatoms. The monoisotopic (exact) mass is 300 g/mol. The van der Waals surface area contributed by atoms with Gasteiger partial charge in [0.15, 0.2) is 0 Å². The van der Waals surface area contributed by atoms with Gasteiger partial charge in [-0.3, -0.25) is 4.79 Å². The molecule has 1 aromatic carbocycles. The fraction of sp³-hybridized carbons (Fsp3) is 0.462. The minimum Gasteiger partial charge on any atom is -0.481 e. The number of hydrogen-bond acceptors (Lipinski definition) is 1. The number of carboxylic acids is 1. The summed E-state index contributed by atoms with van der Waals surface area (Å²) in [6.45, 7) is 1.97. The van der Waals surface area contributed by atoms with E-state index >= 15 is 0 Å². The van der Waals surface area contributed by atoms with Gasteiger partial charge in [0.25, 0.3) is 0 Å². The van der Waals surface area contributed by atoms with Crippen LogP contribution >= 0.6 is 15.9 Å². The van der Waals surface area contributed by atoms with E-state index in [9.17, 15) is 14.3 Å². The summed E-state index contributed by atoms with van der Waals surface area (Å²) in [7, 11) is 0. The number of aliphatic carboxylic acids is 1. The molecule has 0 atom stereocenters. The van der Waals surface area contributed by atoms with Crippen LogP contribution in [0.15, 0.2) is 16.6 Å². The van der Waals surface area contributed by atoms with Crippen molar-refractivity contribution in [2.45, 2.75) is 38.0 Å². The van der Waals surface area contributed by atoms with E-state index in [1.165, 1.54) is 0 Å². The zero-order chi connectivity index (χ0) is 12.6. The third-order valence-corrected chi connectivity index (χ3v) is 4.21. The summed E-state index contributed by atoms with van der Waals surface area (Å²) < 4.78 is 14.4. The molecule has 1 saturated carbocycles. The molecule has 0 radical (unpaired) electrons. The molecule has 2 nitrogen and oxygen atoms in total. The van der Waals surface area contributed by atoms with Crippen molar-refractivity contribution in [2.75, 3.05) is 0 Å². The van der Waals surface area contributed by atoms with E-state index < -0.39 is 17.2 Å². The van der Waals surface area contributed by atoms with Gasteiger partial charge in [-0.1, -0.05) is 19.4 Å². The highest BCUT2D eigenvalue weighted by Gasteiger charge is 2.48. The van der Waals surface area contributed by atoms with E-state index in [2.05, 4.69) is 15.9 Å². The number of benzene rings is 1. The molecular formula is C13H14BrFO2. The summed E-state index contributed by atoms with van der Waals surface area (Å²) in [5.74, 6) is -1.34. The molecule has 0 aliphatic heterocycles. The molecule has 0 unspecified atom stereocenters. The van der Waals surface area contributed by atoms with E-state index in [0.29, 0.717) is 22.9 Å². The number of rotatable bonds is 3. The van der Waals surface area contributed by atoms with E-state index in [1.807, 2.05) is 6.92 Å². The van der Waals surface area contributed by atoms with Crippen LogP contribution in [-0.4, -0.2) is 11.1 Å². The highest BCUT2D eigenvalue weighted by Crippen LogP contribution is 2.46. The minimum atomic E-state index is -1.00. The maximum atomic E-state index is 14.1. The topological polar surface area (TPSA) is 37.3 Å². The van der Waals surface area contributed by atoms with Crippen molar-refractivity contribution in [1.29, 1.82) is 0 Å². The van der Waals surface area contributed by atoms with Crippen molar-refractivity contribution < 1.29 is 14.3 Å². The number of carboxylic acid groups (broad SMARTS) is 1. The van der Waals surface area contributed by atoms with Crippen LogP contribution < -0.4 is 0 Å². The van der Waals surface area contributed by atoms with Crippen molar-refractivity contribution in [1.82, 2.24) is 0 Å². The van der Waals surface area contributed by atoms with Crippen molar-refractivity contribution in [3.05, 3.63) is 33.5 Å². The second-order valence-corrected chi connectivity index (χ2v) is 5.39. The molecule has 2 rings (SSSR count). The Bertz CT molecular complexity index is 467. The lowest BCUT2D eigenvalue weighted by atomic mass is 9.64. The molecule has 0 spiro atoms. The maximum Gasteiger partial charge on any atom is 0.314 e. The quantitative estimate of drug-likeness (QED) is 0.925. The Kier molecular flexibility index (Phi) is 3.25. The molecule has 92 valence electrons. The molecule has 17 heavy (non-hydrogen) atoms. The number of halogens is 2. The molecule has 0 bridgehead atoms. The molecule has 0 aromatic heterocycles. The third kappa shape index (κ3) is 1.88. The van der Waals surface area contributed by atoms with Crippen LogP contribution in [0.3, 0.4) is 0 Å². The Labute approximate surface area is 108 Å². The van der Waals surface area contributed by atoms with E-state index in [0.717, 1.165) is 18.4 Å². The summed E-state index contributed by atoms with van der Waals surface area (Å²) in [5.41, 5.74) is 0.293. The van der Waals surface area contributed by atoms with E-state index in [1.54, 1.807) is 12.1 Å². The standard InChI is InChI=1S/C13H14BrFO2/c1-2-8-6-9(11(15)10(14)7-8)13(12(16)17)4-3-5-13/h6-7H,2-5H2,1H3,(H,16,17). The Morgan fingerprint density at radius 1 is 1.53 bits per heavy atom. The molecule has 1 aliphatic rings. The van der Waals surface area contributed by atoms with Gasteiger partial charge >= 0.3 is 5.97 Å². The van der Waals surface area contributed by atoms with Gasteiger partial charge in [-0.05, 0) is 46.8 Å². The van der Waals surface area contributed by atoms with Crippen LogP contribution in [0.25, 0.3) is 0 Å². The van der Waals surface area contributed by atoms with Gasteiger partial charge in [-0.15, -0.1) is 0 Å². The zero-order valence-corrected chi connectivity index (χ0v) is 11.2. The smallest absolute Gasteiger partial charge is 0.314 e. The van der Waals surface area contributed by atoms with Crippen LogP contribution in [0.1, 0.15) is 37.3 Å². The molecule has 1 aliphatic carbocycles. The van der Waals surface area contributed by atoms with Gasteiger partial charge in [0.1, 0.15) is 5.82 Å². The Balaban J connectivity index is 2.57. The fourth-order valence-corrected chi connectivity index (χ4v) is 2.83. The lowest BCUT2D eigenvalue weighted by Gasteiger charge is -2.38. The second-order valence-electron chi connectivity index (χ2n) is 4.53. The highest BCUT2D eigenvalue weighted by atomic mass is 79.9. The number of hydrogen-bond donors (Lipinski definition) is 1. The summed E-state index contributed by atoms with van der Waals surface area (Å²) in [4.78, 5) is 11.4. The predicted molar refractivity (Wildman–Crippen MR) is 66.6 cm³/mol. The highest BCUT2D eigenvalue weighted by molar-refractivity contribution is 9.10. The van der Waals surface area contributed by atoms with Crippen molar-refractivity contribution >= 4 is 21.9 Å². The number of aryl methyl sites for hydroxylation is 1. The Hall–Kier alpha value is -0.900. The SMILES string of the molecule is CCc1cc(Br)c(F)c(C2(C(=O)O)CCC2)c1. The average molecular weight is 301 g/mol. The normalized spacial score (nSPS) is 17.6. The molecule has 1 fully saturated rings. The summed E-state index contributed by atoms with van der Waals surface area (Å²) in [5, 5.41) is 9.33. The predicted octanol–water partition coefficient (Wildman–Crippen LogP) is 3.66. The van der Waals surface area contributed by atoms with Crippen molar-refractivity contribution in [3.8, 4) is 0 Å². The molecule has 0 saturated heterocycles. The summed E-state index contributed by atoms with van der Waals surface area (Å²) >= 11 is 3.16. The van der Waals surface area contributed by atoms with Gasteiger partial charge in [-0.25, -0.2) is 4.39 Å². The van der Waals surface area contributed by atoms with Crippen LogP contribution in [0.4, 0.5) is 4.39 Å². The van der Waals surface area contributed by atoms with Gasteiger partial charge < -0.3 is 5.11 Å². The van der Waals surface area contributed by atoms with Crippen LogP contribution in [-0.2, 0) is 16.6 Å². The first kappa shape index (κ1) is 12.6. The second kappa shape index (κ2) is 4.41. The third-order valence-electron chi connectivity index (χ3n) is 3.63. The molecule has 1 N–H and O–H groups in total. The first-order valence-electron chi connectivity index (χ1n) is 5.73. The Morgan fingerprint density at radius 3 is 2.59 bits per heavy atom. The molecular weight excluding hydrogens is 287 g/mol. The number of carbonyl (C=O) groups is 1. The lowest BCUT2D eigenvalue weighted by Crippen LogP contribution is -2.43. The van der Waals surface area contributed by atoms with Crippen LogP contribution in [0.2, 0.25) is 0 Å². The summed E-state index contributed by atoms with van der Waals surface area (Å²) in [6, 6.07) is 3.42. The Morgan fingerprint density at radius 2 is 2.18 bits per heavy atom. The van der Waals surface area contributed by atoms with E-state index in [4.69, 9.17) is 0 Å². The largest absolute Gasteiger partial charge is 0.481 e. The van der Waals surface area contributed by atoms with Crippen molar-refractivity contribution in [3.63, 3.8) is 0 Å². The zero-order valence-electron chi connectivity index (χ0n) is 9.59. The average Bonchev–Trinajstić information content (AvgIpc) is 2.21. The van der Waals surface area contributed by atoms with Gasteiger partial charge in [0.05, 0.1) is 9.89 Å². The van der Waals surface area contributed by atoms with Crippen molar-refractivity contribution in [2.24, 2.45) is 0 Å². The fourth-order valence-electron chi connectivity index (χ4n) is 2.33. The minimum absolute atomic E-state index is 0.336.